The minimum atomic E-state index is -1.10. The van der Waals surface area contributed by atoms with E-state index in [2.05, 4.69) is 10.3 Å². The minimum Gasteiger partial charge on any atom is -0.493 e. The predicted molar refractivity (Wildman–Crippen MR) is 117 cm³/mol. The van der Waals surface area contributed by atoms with E-state index in [1.807, 2.05) is 32.0 Å². The van der Waals surface area contributed by atoms with Crippen molar-refractivity contribution < 1.29 is 24.2 Å². The summed E-state index contributed by atoms with van der Waals surface area (Å²) in [5, 5.41) is 12.4. The Labute approximate surface area is 178 Å². The van der Waals surface area contributed by atoms with Gasteiger partial charge in [-0.1, -0.05) is 24.3 Å². The van der Waals surface area contributed by atoms with E-state index in [0.29, 0.717) is 21.4 Å². The van der Waals surface area contributed by atoms with Gasteiger partial charge < -0.3 is 19.9 Å². The fourth-order valence-electron chi connectivity index (χ4n) is 2.75. The van der Waals surface area contributed by atoms with Crippen LogP contribution in [0.4, 0.5) is 5.69 Å². The first-order chi connectivity index (χ1) is 14.3. The lowest BCUT2D eigenvalue weighted by Crippen LogP contribution is -2.23. The Balaban J connectivity index is 1.94. The number of thioether (sulfide) groups is 1. The second-order valence-electron chi connectivity index (χ2n) is 6.68. The average Bonchev–Trinajstić information content (AvgIpc) is 3.05. The summed E-state index contributed by atoms with van der Waals surface area (Å²) in [6, 6.07) is 11.0. The normalized spacial score (nSPS) is 17.1. The second-order valence-corrected chi connectivity index (χ2v) is 7.71. The van der Waals surface area contributed by atoms with Gasteiger partial charge in [-0.15, -0.1) is 0 Å². The van der Waals surface area contributed by atoms with Crippen molar-refractivity contribution in [2.75, 3.05) is 7.11 Å². The van der Waals surface area contributed by atoms with Crippen molar-refractivity contribution in [2.45, 2.75) is 26.9 Å². The fraction of sp³-hybridized carbons (Fsp3) is 0.227. The Morgan fingerprint density at radius 3 is 2.67 bits per heavy atom. The number of para-hydroxylation sites is 1. The van der Waals surface area contributed by atoms with E-state index in [1.165, 1.54) is 25.8 Å². The molecule has 1 amide bonds. The molecule has 0 spiro atoms. The van der Waals surface area contributed by atoms with Crippen molar-refractivity contribution in [3.8, 4) is 11.5 Å². The smallest absolute Gasteiger partial charge is 0.344 e. The van der Waals surface area contributed by atoms with Gasteiger partial charge in [-0.25, -0.2) is 9.79 Å². The lowest BCUT2D eigenvalue weighted by molar-refractivity contribution is -0.144. The molecule has 0 saturated carbocycles. The number of hydrogen-bond donors (Lipinski definition) is 2. The predicted octanol–water partition coefficient (Wildman–Crippen LogP) is 4.06. The van der Waals surface area contributed by atoms with Gasteiger partial charge in [-0.05, 0) is 61.9 Å². The van der Waals surface area contributed by atoms with E-state index in [0.717, 1.165) is 16.8 Å². The summed E-state index contributed by atoms with van der Waals surface area (Å²) in [6.45, 7) is 5.42. The van der Waals surface area contributed by atoms with Gasteiger partial charge in [0.1, 0.15) is 0 Å². The average molecular weight is 426 g/mol. The van der Waals surface area contributed by atoms with Crippen LogP contribution in [0.5, 0.6) is 11.5 Å². The summed E-state index contributed by atoms with van der Waals surface area (Å²) in [5.41, 5.74) is 3.49. The first-order valence-electron chi connectivity index (χ1n) is 9.22. The van der Waals surface area contributed by atoms with E-state index >= 15 is 0 Å². The quantitative estimate of drug-likeness (QED) is 0.676. The highest BCUT2D eigenvalue weighted by Crippen LogP contribution is 2.36. The number of methoxy groups -OCH3 is 1. The van der Waals surface area contributed by atoms with Crippen LogP contribution < -0.4 is 14.8 Å². The molecule has 1 saturated heterocycles. The van der Waals surface area contributed by atoms with Crippen molar-refractivity contribution in [3.63, 3.8) is 0 Å². The molecule has 30 heavy (non-hydrogen) atoms. The van der Waals surface area contributed by atoms with Crippen LogP contribution >= 0.6 is 11.8 Å². The summed E-state index contributed by atoms with van der Waals surface area (Å²) in [5.74, 6) is -0.750. The number of carboxylic acids is 1. The fourth-order valence-corrected chi connectivity index (χ4v) is 3.57. The molecule has 3 rings (SSSR count). The van der Waals surface area contributed by atoms with Crippen molar-refractivity contribution in [1.82, 2.24) is 5.32 Å². The lowest BCUT2D eigenvalue weighted by Gasteiger charge is -2.16. The largest absolute Gasteiger partial charge is 0.493 e. The molecule has 0 aromatic heterocycles. The van der Waals surface area contributed by atoms with Crippen molar-refractivity contribution >= 4 is 40.6 Å². The molecule has 1 fully saturated rings. The number of aliphatic carboxylic acids is 1. The standard InChI is InChI=1S/C22H22N2O5S/c1-12-7-5-9-16(13(12)2)23-22-24-20(25)18(30-22)11-15-8-6-10-17(28-4)19(15)29-14(3)21(26)27/h5-11,14H,1-4H3,(H,26,27)(H,23,24,25)/b18-11-/t14-/m1/s1. The number of carbonyl (C=O) groups is 2. The molecule has 0 aliphatic carbocycles. The molecule has 0 bridgehead atoms. The molecule has 8 heteroatoms. The Bertz CT molecular complexity index is 1060. The molecule has 1 atom stereocenters. The third-order valence-electron chi connectivity index (χ3n) is 4.61. The number of amidine groups is 1. The topological polar surface area (TPSA) is 97.2 Å². The Hall–Kier alpha value is -3.26. The summed E-state index contributed by atoms with van der Waals surface area (Å²) < 4.78 is 10.9. The molecular weight excluding hydrogens is 404 g/mol. The molecule has 1 aliphatic rings. The molecule has 2 aromatic rings. The van der Waals surface area contributed by atoms with Crippen LogP contribution in [-0.2, 0) is 9.59 Å². The molecular formula is C22H22N2O5S. The SMILES string of the molecule is COc1cccc(/C=C2\SC(=Nc3cccc(C)c3C)NC2=O)c1O[C@H](C)C(=O)O. The number of ether oxygens (including phenoxy) is 2. The maximum atomic E-state index is 12.5. The monoisotopic (exact) mass is 426 g/mol. The van der Waals surface area contributed by atoms with Crippen LogP contribution in [0.25, 0.3) is 6.08 Å². The van der Waals surface area contributed by atoms with Crippen molar-refractivity contribution in [1.29, 1.82) is 0 Å². The maximum absolute atomic E-state index is 12.5. The second kappa shape index (κ2) is 9.04. The van der Waals surface area contributed by atoms with Gasteiger partial charge in [0, 0.05) is 5.56 Å². The maximum Gasteiger partial charge on any atom is 0.344 e. The highest BCUT2D eigenvalue weighted by atomic mass is 32.2. The zero-order chi connectivity index (χ0) is 21.8. The van der Waals surface area contributed by atoms with E-state index in [9.17, 15) is 14.7 Å². The molecule has 156 valence electrons. The van der Waals surface area contributed by atoms with Crippen molar-refractivity contribution in [3.05, 3.63) is 58.0 Å². The van der Waals surface area contributed by atoms with E-state index in [4.69, 9.17) is 9.47 Å². The van der Waals surface area contributed by atoms with Crippen LogP contribution in [0.1, 0.15) is 23.6 Å². The third-order valence-corrected chi connectivity index (χ3v) is 5.52. The number of aryl methyl sites for hydroxylation is 1. The van der Waals surface area contributed by atoms with Crippen LogP contribution in [0.3, 0.4) is 0 Å². The highest BCUT2D eigenvalue weighted by molar-refractivity contribution is 8.18. The summed E-state index contributed by atoms with van der Waals surface area (Å²) in [7, 11) is 1.47. The number of nitrogens with zero attached hydrogens (tertiary/aromatic N) is 1. The van der Waals surface area contributed by atoms with E-state index < -0.39 is 12.1 Å². The third kappa shape index (κ3) is 4.65. The first kappa shape index (κ1) is 21.4. The van der Waals surface area contributed by atoms with Gasteiger partial charge in [-0.3, -0.25) is 4.79 Å². The molecule has 0 radical (unpaired) electrons. The first-order valence-corrected chi connectivity index (χ1v) is 10.0. The number of hydrogen-bond acceptors (Lipinski definition) is 6. The molecule has 1 aliphatic heterocycles. The van der Waals surface area contributed by atoms with Crippen LogP contribution in [-0.4, -0.2) is 35.4 Å². The summed E-state index contributed by atoms with van der Waals surface area (Å²) in [4.78, 5) is 28.7. The number of rotatable bonds is 6. The van der Waals surface area contributed by atoms with Crippen LogP contribution in [0.15, 0.2) is 46.3 Å². The lowest BCUT2D eigenvalue weighted by atomic mass is 10.1. The van der Waals surface area contributed by atoms with Gasteiger partial charge in [0.05, 0.1) is 17.7 Å². The molecule has 0 unspecified atom stereocenters. The Kier molecular flexibility index (Phi) is 6.47. The number of carbonyl (C=O) groups excluding carboxylic acids is 1. The molecule has 1 heterocycles. The minimum absolute atomic E-state index is 0.260. The highest BCUT2D eigenvalue weighted by Gasteiger charge is 2.25. The summed E-state index contributed by atoms with van der Waals surface area (Å²) >= 11 is 1.21. The molecule has 2 N–H and O–H groups in total. The van der Waals surface area contributed by atoms with Crippen molar-refractivity contribution in [2.24, 2.45) is 4.99 Å². The van der Waals surface area contributed by atoms with E-state index in [-0.39, 0.29) is 11.7 Å². The summed E-state index contributed by atoms with van der Waals surface area (Å²) in [6.07, 6.45) is 0.558. The Morgan fingerprint density at radius 1 is 1.23 bits per heavy atom. The van der Waals surface area contributed by atoms with Gasteiger partial charge in [-0.2, -0.15) is 0 Å². The number of carboxylic acid groups (broad SMARTS) is 1. The van der Waals surface area contributed by atoms with Gasteiger partial charge in [0.15, 0.2) is 22.8 Å². The van der Waals surface area contributed by atoms with E-state index in [1.54, 1.807) is 24.3 Å². The number of benzene rings is 2. The van der Waals surface area contributed by atoms with Gasteiger partial charge in [0.2, 0.25) is 0 Å². The number of aliphatic imine (C=N–C) groups is 1. The molecule has 2 aromatic carbocycles. The van der Waals surface area contributed by atoms with Gasteiger partial charge in [0.25, 0.3) is 5.91 Å². The number of amides is 1. The Morgan fingerprint density at radius 2 is 1.97 bits per heavy atom. The van der Waals surface area contributed by atoms with Crippen LogP contribution in [0.2, 0.25) is 0 Å². The van der Waals surface area contributed by atoms with Gasteiger partial charge >= 0.3 is 5.97 Å². The zero-order valence-corrected chi connectivity index (χ0v) is 17.9. The zero-order valence-electron chi connectivity index (χ0n) is 17.1. The molecule has 7 nitrogen and oxygen atoms in total. The van der Waals surface area contributed by atoms with Crippen LogP contribution in [0, 0.1) is 13.8 Å². The number of nitrogens with one attached hydrogen (secondary N) is 1.